The number of carboxylic acid groups (broad SMARTS) is 1. The van der Waals surface area contributed by atoms with Crippen LogP contribution in [0.25, 0.3) is 0 Å². The number of nitrogens with zero attached hydrogens (tertiary/aromatic N) is 2. The number of anilines is 2. The zero-order valence-corrected chi connectivity index (χ0v) is 17.7. The molecule has 0 aliphatic carbocycles. The third kappa shape index (κ3) is 4.85. The first kappa shape index (κ1) is 20.2. The van der Waals surface area contributed by atoms with Crippen molar-refractivity contribution in [3.05, 3.63) is 47.9 Å². The lowest BCUT2D eigenvalue weighted by atomic mass is 10.0. The summed E-state index contributed by atoms with van der Waals surface area (Å²) < 4.78 is 14.2. The fourth-order valence-electron chi connectivity index (χ4n) is 3.44. The molecule has 1 N–H and O–H groups in total. The molecule has 0 radical (unpaired) electrons. The van der Waals surface area contributed by atoms with Gasteiger partial charge in [-0.05, 0) is 49.6 Å². The van der Waals surface area contributed by atoms with Gasteiger partial charge in [0.1, 0.15) is 19.9 Å². The number of benzene rings is 1. The molecule has 2 aliphatic rings. The van der Waals surface area contributed by atoms with Crippen molar-refractivity contribution in [1.29, 1.82) is 0 Å². The number of rotatable bonds is 3. The number of halogens is 1. The maximum absolute atomic E-state index is 14.2. The molecule has 1 unspecified atom stereocenters. The molecule has 3 rings (SSSR count). The lowest BCUT2D eigenvalue weighted by molar-refractivity contribution is -0.132. The molecule has 0 saturated carbocycles. The number of carboxylic acids is 1. The fourth-order valence-corrected chi connectivity index (χ4v) is 4.02. The number of hydrogen-bond acceptors (Lipinski definition) is 3. The predicted molar refractivity (Wildman–Crippen MR) is 115 cm³/mol. The van der Waals surface area contributed by atoms with E-state index in [-0.39, 0.29) is 11.4 Å². The molecule has 148 valence electrons. The maximum Gasteiger partial charge on any atom is 0.335 e. The molecule has 0 spiro atoms. The summed E-state index contributed by atoms with van der Waals surface area (Å²) >= 11 is 0. The minimum atomic E-state index is -1.65. The Balaban J connectivity index is 2.04. The van der Waals surface area contributed by atoms with Crippen molar-refractivity contribution in [2.45, 2.75) is 44.9 Å². The van der Waals surface area contributed by atoms with Gasteiger partial charge in [0.25, 0.3) is 0 Å². The summed E-state index contributed by atoms with van der Waals surface area (Å²) in [5, 5.41) is 9.40. The van der Waals surface area contributed by atoms with Gasteiger partial charge in [-0.3, -0.25) is 0 Å². The summed E-state index contributed by atoms with van der Waals surface area (Å²) in [6.07, 6.45) is 8.38. The quantitative estimate of drug-likeness (QED) is 0.605. The van der Waals surface area contributed by atoms with E-state index in [0.29, 0.717) is 0 Å². The first-order chi connectivity index (χ1) is 13.2. The van der Waals surface area contributed by atoms with E-state index < -0.39 is 20.1 Å². The van der Waals surface area contributed by atoms with Crippen molar-refractivity contribution in [1.82, 2.24) is 0 Å². The van der Waals surface area contributed by atoms with Crippen molar-refractivity contribution in [3.8, 4) is 11.5 Å². The molecule has 4 nitrogen and oxygen atoms in total. The van der Waals surface area contributed by atoms with Crippen LogP contribution in [-0.4, -0.2) is 38.3 Å². The highest BCUT2D eigenvalue weighted by molar-refractivity contribution is 6.83. The molecule has 0 bridgehead atoms. The molecule has 2 aliphatic heterocycles. The molecular weight excluding hydrogens is 371 g/mol. The monoisotopic (exact) mass is 398 g/mol. The fraction of sp³-hybridized carbons (Fsp3) is 0.409. The van der Waals surface area contributed by atoms with Crippen LogP contribution in [0.2, 0.25) is 19.6 Å². The minimum Gasteiger partial charge on any atom is -0.478 e. The third-order valence-corrected chi connectivity index (χ3v) is 5.70. The van der Waals surface area contributed by atoms with Crippen LogP contribution >= 0.6 is 0 Å². The smallest absolute Gasteiger partial charge is 0.335 e. The molecule has 1 aromatic carbocycles. The Bertz CT molecular complexity index is 871. The summed E-state index contributed by atoms with van der Waals surface area (Å²) in [6.45, 7) is 8.32. The molecule has 28 heavy (non-hydrogen) atoms. The maximum atomic E-state index is 14.2. The normalized spacial score (nSPS) is 19.7. The Morgan fingerprint density at radius 2 is 1.89 bits per heavy atom. The van der Waals surface area contributed by atoms with E-state index in [1.54, 1.807) is 18.4 Å². The Kier molecular flexibility index (Phi) is 5.95. The summed E-state index contributed by atoms with van der Waals surface area (Å²) in [4.78, 5) is 15.6. The minimum absolute atomic E-state index is 0.210. The van der Waals surface area contributed by atoms with Gasteiger partial charge < -0.3 is 14.9 Å². The van der Waals surface area contributed by atoms with Crippen LogP contribution in [-0.2, 0) is 4.79 Å². The molecule has 1 atom stereocenters. The molecule has 6 heteroatoms. The van der Waals surface area contributed by atoms with E-state index in [1.165, 1.54) is 18.6 Å². The molecule has 0 amide bonds. The lowest BCUT2D eigenvalue weighted by Gasteiger charge is -2.35. The topological polar surface area (TPSA) is 43.8 Å². The molecule has 1 fully saturated rings. The van der Waals surface area contributed by atoms with Gasteiger partial charge in [0.05, 0.1) is 16.9 Å². The summed E-state index contributed by atoms with van der Waals surface area (Å²) in [5.74, 6) is 1.96. The van der Waals surface area contributed by atoms with Crippen LogP contribution in [0.1, 0.15) is 19.3 Å². The number of carbonyl (C=O) groups is 1. The van der Waals surface area contributed by atoms with Crippen LogP contribution in [0, 0.1) is 17.3 Å². The van der Waals surface area contributed by atoms with Gasteiger partial charge in [0.2, 0.25) is 0 Å². The van der Waals surface area contributed by atoms with E-state index in [1.807, 2.05) is 11.0 Å². The van der Waals surface area contributed by atoms with Crippen LogP contribution in [0.3, 0.4) is 0 Å². The summed E-state index contributed by atoms with van der Waals surface area (Å²) in [7, 11) is -1.65. The van der Waals surface area contributed by atoms with Crippen molar-refractivity contribution in [3.63, 3.8) is 0 Å². The highest BCUT2D eigenvalue weighted by atomic mass is 28.3. The summed E-state index contributed by atoms with van der Waals surface area (Å²) in [5.41, 5.74) is 5.24. The summed E-state index contributed by atoms with van der Waals surface area (Å²) in [6, 6.07) is 4.40. The Morgan fingerprint density at radius 3 is 2.54 bits per heavy atom. The van der Waals surface area contributed by atoms with Crippen LogP contribution in [0.5, 0.6) is 0 Å². The Hall–Kier alpha value is -2.52. The standard InChI is InChI=1S/C22H27FN2O2Si/c1-28(2,3)14-10-19-15-17(22(26)27)9-13-25(19)21-16-18(23)7-8-20(21)24-11-5-4-6-12-24/h7-9,13,15-16,19H,4-6,11-12H2,1-3H3,(H,26,27). The van der Waals surface area contributed by atoms with Gasteiger partial charge in [-0.15, -0.1) is 5.54 Å². The van der Waals surface area contributed by atoms with Gasteiger partial charge in [0.15, 0.2) is 0 Å². The van der Waals surface area contributed by atoms with Crippen LogP contribution in [0.15, 0.2) is 42.1 Å². The first-order valence-electron chi connectivity index (χ1n) is 9.73. The number of aliphatic carboxylic acids is 1. The zero-order valence-electron chi connectivity index (χ0n) is 16.7. The second-order valence-electron chi connectivity index (χ2n) is 8.30. The van der Waals surface area contributed by atoms with E-state index in [2.05, 4.69) is 36.0 Å². The predicted octanol–water partition coefficient (Wildman–Crippen LogP) is 4.41. The van der Waals surface area contributed by atoms with Gasteiger partial charge in [0, 0.05) is 19.3 Å². The SMILES string of the molecule is C[Si](C)(C)C#CC1C=C(C(=O)O)C=CN1c1cc(F)ccc1N1CCCCC1. The second kappa shape index (κ2) is 8.23. The van der Waals surface area contributed by atoms with Crippen molar-refractivity contribution in [2.75, 3.05) is 22.9 Å². The van der Waals surface area contributed by atoms with Gasteiger partial charge in [-0.2, -0.15) is 0 Å². The lowest BCUT2D eigenvalue weighted by Crippen LogP contribution is -2.35. The Labute approximate surface area is 167 Å². The molecule has 1 saturated heterocycles. The number of hydrogen-bond donors (Lipinski definition) is 1. The van der Waals surface area contributed by atoms with E-state index in [4.69, 9.17) is 0 Å². The van der Waals surface area contributed by atoms with Crippen molar-refractivity contribution < 1.29 is 14.3 Å². The molecule has 2 heterocycles. The third-order valence-electron chi connectivity index (χ3n) is 4.81. The van der Waals surface area contributed by atoms with Gasteiger partial charge >= 0.3 is 5.97 Å². The molecule has 1 aromatic rings. The largest absolute Gasteiger partial charge is 0.478 e. The highest BCUT2D eigenvalue weighted by Crippen LogP contribution is 2.35. The van der Waals surface area contributed by atoms with Gasteiger partial charge in [-0.1, -0.05) is 25.6 Å². The average Bonchev–Trinajstić information content (AvgIpc) is 2.66. The van der Waals surface area contributed by atoms with Crippen molar-refractivity contribution >= 4 is 25.4 Å². The average molecular weight is 399 g/mol. The number of piperidine rings is 1. The van der Waals surface area contributed by atoms with Gasteiger partial charge in [-0.25, -0.2) is 9.18 Å². The van der Waals surface area contributed by atoms with Crippen LogP contribution in [0.4, 0.5) is 15.8 Å². The zero-order chi connectivity index (χ0) is 20.3. The highest BCUT2D eigenvalue weighted by Gasteiger charge is 2.25. The van der Waals surface area contributed by atoms with E-state index >= 15 is 0 Å². The second-order valence-corrected chi connectivity index (χ2v) is 13.0. The molecular formula is C22H27FN2O2Si. The Morgan fingerprint density at radius 1 is 1.18 bits per heavy atom. The van der Waals surface area contributed by atoms with E-state index in [9.17, 15) is 14.3 Å². The molecule has 0 aromatic heterocycles. The van der Waals surface area contributed by atoms with Crippen LogP contribution < -0.4 is 9.80 Å². The first-order valence-corrected chi connectivity index (χ1v) is 13.2. The van der Waals surface area contributed by atoms with Crippen molar-refractivity contribution in [2.24, 2.45) is 0 Å². The van der Waals surface area contributed by atoms with E-state index in [0.717, 1.165) is 37.3 Å².